The molecule has 0 aliphatic heterocycles. The molecule has 1 atom stereocenters. The molecule has 28 heavy (non-hydrogen) atoms. The molecule has 2 aromatic carbocycles. The van der Waals surface area contributed by atoms with Crippen molar-refractivity contribution in [3.8, 4) is 0 Å². The lowest BCUT2D eigenvalue weighted by molar-refractivity contribution is -0.123. The molecular formula is C22H23N3O2S. The normalized spacial score (nSPS) is 11.5. The summed E-state index contributed by atoms with van der Waals surface area (Å²) in [5.74, 6) is -0.474. The molecule has 5 nitrogen and oxygen atoms in total. The van der Waals surface area contributed by atoms with E-state index in [2.05, 4.69) is 15.5 Å². The molecule has 2 N–H and O–H groups in total. The van der Waals surface area contributed by atoms with Crippen LogP contribution >= 0.6 is 11.3 Å². The molecule has 6 heteroatoms. The summed E-state index contributed by atoms with van der Waals surface area (Å²) in [7, 11) is 1.98. The van der Waals surface area contributed by atoms with Gasteiger partial charge >= 0.3 is 0 Å². The van der Waals surface area contributed by atoms with Gasteiger partial charge in [-0.15, -0.1) is 11.3 Å². The molecule has 0 aliphatic rings. The van der Waals surface area contributed by atoms with E-state index in [4.69, 9.17) is 0 Å². The molecule has 0 saturated heterocycles. The number of anilines is 1. The van der Waals surface area contributed by atoms with E-state index in [0.29, 0.717) is 18.0 Å². The summed E-state index contributed by atoms with van der Waals surface area (Å²) in [5.41, 5.74) is 1.84. The lowest BCUT2D eigenvalue weighted by Crippen LogP contribution is -2.42. The number of hydrogen-bond donors (Lipinski definition) is 2. The Kier molecular flexibility index (Phi) is 6.81. The fourth-order valence-corrected chi connectivity index (χ4v) is 3.44. The summed E-state index contributed by atoms with van der Waals surface area (Å²) in [6, 6.07) is 22.1. The smallest absolute Gasteiger partial charge is 0.262 e. The molecule has 0 bridgehead atoms. The van der Waals surface area contributed by atoms with Crippen LogP contribution in [0.25, 0.3) is 0 Å². The van der Waals surface area contributed by atoms with Gasteiger partial charge in [0.2, 0.25) is 5.91 Å². The number of carbonyl (C=O) groups is 2. The van der Waals surface area contributed by atoms with Gasteiger partial charge in [0.15, 0.2) is 0 Å². The highest BCUT2D eigenvalue weighted by molar-refractivity contribution is 7.12. The zero-order valence-corrected chi connectivity index (χ0v) is 16.5. The number of hydrogen-bond acceptors (Lipinski definition) is 4. The Morgan fingerprint density at radius 2 is 1.64 bits per heavy atom. The van der Waals surface area contributed by atoms with Crippen LogP contribution in [0.2, 0.25) is 0 Å². The van der Waals surface area contributed by atoms with Crippen LogP contribution in [0, 0.1) is 0 Å². The van der Waals surface area contributed by atoms with Crippen LogP contribution in [0.4, 0.5) is 5.69 Å². The lowest BCUT2D eigenvalue weighted by Gasteiger charge is -2.22. The molecule has 2 amide bonds. The minimum absolute atomic E-state index is 0.224. The topological polar surface area (TPSA) is 61.4 Å². The number of nitrogens with zero attached hydrogens (tertiary/aromatic N) is 1. The first kappa shape index (κ1) is 19.6. The van der Waals surface area contributed by atoms with Gasteiger partial charge in [-0.25, -0.2) is 0 Å². The number of benzene rings is 2. The zero-order valence-electron chi connectivity index (χ0n) is 15.7. The highest BCUT2D eigenvalue weighted by Gasteiger charge is 2.23. The molecule has 0 aliphatic carbocycles. The maximum absolute atomic E-state index is 12.8. The number of carbonyl (C=O) groups excluding carboxylic acids is 2. The minimum Gasteiger partial charge on any atom is -0.373 e. The number of rotatable bonds is 8. The molecule has 0 unspecified atom stereocenters. The van der Waals surface area contributed by atoms with Crippen LogP contribution in [0.3, 0.4) is 0 Å². The highest BCUT2D eigenvalue weighted by atomic mass is 32.1. The third-order valence-electron chi connectivity index (χ3n) is 4.36. The number of likely N-dealkylation sites (N-methyl/N-ethyl adjacent to an activating group) is 1. The van der Waals surface area contributed by atoms with Gasteiger partial charge in [0.1, 0.15) is 6.04 Å². The van der Waals surface area contributed by atoms with Crippen LogP contribution in [0.15, 0.2) is 78.2 Å². The first-order valence-electron chi connectivity index (χ1n) is 9.08. The molecule has 1 heterocycles. The molecule has 0 fully saturated rings. The summed E-state index contributed by atoms with van der Waals surface area (Å²) in [4.78, 5) is 28.0. The molecule has 0 saturated carbocycles. The maximum atomic E-state index is 12.8. The van der Waals surface area contributed by atoms with Crippen LogP contribution < -0.4 is 15.5 Å². The largest absolute Gasteiger partial charge is 0.373 e. The first-order valence-corrected chi connectivity index (χ1v) is 9.96. The fourth-order valence-electron chi connectivity index (χ4n) is 2.82. The van der Waals surface area contributed by atoms with E-state index in [0.717, 1.165) is 11.3 Å². The quantitative estimate of drug-likeness (QED) is 0.616. The standard InChI is InChI=1S/C22H23N3O2S/c1-25(18-11-6-3-7-12-18)15-14-23-22(27)20(17-9-4-2-5-10-17)24-21(26)19-13-8-16-28-19/h2-13,16,20H,14-15H2,1H3,(H,23,27)(H,24,26)/t20-/m1/s1. The predicted octanol–water partition coefficient (Wildman–Crippen LogP) is 3.47. The van der Waals surface area contributed by atoms with Crippen LogP contribution in [-0.4, -0.2) is 32.0 Å². The van der Waals surface area contributed by atoms with E-state index in [-0.39, 0.29) is 11.8 Å². The average molecular weight is 394 g/mol. The van der Waals surface area contributed by atoms with Gasteiger partial charge in [0, 0.05) is 25.8 Å². The fraction of sp³-hybridized carbons (Fsp3) is 0.182. The molecule has 0 radical (unpaired) electrons. The SMILES string of the molecule is CN(CCNC(=O)[C@H](NC(=O)c1cccs1)c1ccccc1)c1ccccc1. The first-order chi connectivity index (χ1) is 13.6. The Hall–Kier alpha value is -3.12. The molecule has 1 aromatic heterocycles. The predicted molar refractivity (Wildman–Crippen MR) is 114 cm³/mol. The Morgan fingerprint density at radius 1 is 0.964 bits per heavy atom. The number of nitrogens with one attached hydrogen (secondary N) is 2. The van der Waals surface area contributed by atoms with Crippen molar-refractivity contribution >= 4 is 28.8 Å². The van der Waals surface area contributed by atoms with Crippen molar-refractivity contribution in [1.82, 2.24) is 10.6 Å². The summed E-state index contributed by atoms with van der Waals surface area (Å²) in [6.45, 7) is 1.14. The summed E-state index contributed by atoms with van der Waals surface area (Å²) in [5, 5.41) is 7.63. The summed E-state index contributed by atoms with van der Waals surface area (Å²) >= 11 is 1.35. The number of thiophene rings is 1. The van der Waals surface area contributed by atoms with E-state index in [9.17, 15) is 9.59 Å². The summed E-state index contributed by atoms with van der Waals surface area (Å²) in [6.07, 6.45) is 0. The van der Waals surface area contributed by atoms with Gasteiger partial charge in [0.05, 0.1) is 4.88 Å². The van der Waals surface area contributed by atoms with Crippen molar-refractivity contribution in [3.63, 3.8) is 0 Å². The van der Waals surface area contributed by atoms with Crippen molar-refractivity contribution in [2.75, 3.05) is 25.0 Å². The van der Waals surface area contributed by atoms with E-state index in [1.165, 1.54) is 11.3 Å². The van der Waals surface area contributed by atoms with Gasteiger partial charge in [-0.05, 0) is 29.1 Å². The van der Waals surface area contributed by atoms with Crippen LogP contribution in [0.5, 0.6) is 0 Å². The average Bonchev–Trinajstić information content (AvgIpc) is 3.28. The second kappa shape index (κ2) is 9.71. The third-order valence-corrected chi connectivity index (χ3v) is 5.23. The Bertz CT molecular complexity index is 883. The summed E-state index contributed by atoms with van der Waals surface area (Å²) < 4.78 is 0. The second-order valence-corrected chi connectivity index (χ2v) is 7.29. The van der Waals surface area contributed by atoms with Crippen LogP contribution in [0.1, 0.15) is 21.3 Å². The van der Waals surface area contributed by atoms with E-state index in [1.54, 1.807) is 6.07 Å². The maximum Gasteiger partial charge on any atom is 0.262 e. The molecule has 3 aromatic rings. The Balaban J connectivity index is 1.62. The number of amides is 2. The van der Waals surface area contributed by atoms with Gasteiger partial charge in [-0.1, -0.05) is 54.6 Å². The van der Waals surface area contributed by atoms with Crippen molar-refractivity contribution in [2.45, 2.75) is 6.04 Å². The van der Waals surface area contributed by atoms with E-state index in [1.807, 2.05) is 79.2 Å². The molecule has 0 spiro atoms. The second-order valence-electron chi connectivity index (χ2n) is 6.34. The lowest BCUT2D eigenvalue weighted by atomic mass is 10.1. The highest BCUT2D eigenvalue weighted by Crippen LogP contribution is 2.16. The molecule has 3 rings (SSSR count). The van der Waals surface area contributed by atoms with E-state index >= 15 is 0 Å². The van der Waals surface area contributed by atoms with Gasteiger partial charge in [0.25, 0.3) is 5.91 Å². The van der Waals surface area contributed by atoms with Crippen molar-refractivity contribution < 1.29 is 9.59 Å². The minimum atomic E-state index is -0.738. The Labute approximate surface area is 169 Å². The molecule has 144 valence electrons. The zero-order chi connectivity index (χ0) is 19.8. The van der Waals surface area contributed by atoms with E-state index < -0.39 is 6.04 Å². The van der Waals surface area contributed by atoms with Crippen LogP contribution in [-0.2, 0) is 4.79 Å². The van der Waals surface area contributed by atoms with Gasteiger partial charge in [-0.3, -0.25) is 9.59 Å². The van der Waals surface area contributed by atoms with Gasteiger partial charge < -0.3 is 15.5 Å². The van der Waals surface area contributed by atoms with Crippen molar-refractivity contribution in [3.05, 3.63) is 88.6 Å². The monoisotopic (exact) mass is 393 g/mol. The number of para-hydroxylation sites is 1. The van der Waals surface area contributed by atoms with Crippen molar-refractivity contribution in [2.24, 2.45) is 0 Å². The Morgan fingerprint density at radius 3 is 2.29 bits per heavy atom. The van der Waals surface area contributed by atoms with Crippen molar-refractivity contribution in [1.29, 1.82) is 0 Å². The van der Waals surface area contributed by atoms with Gasteiger partial charge in [-0.2, -0.15) is 0 Å². The molecular weight excluding hydrogens is 370 g/mol. The third kappa shape index (κ3) is 5.20.